The Labute approximate surface area is 164 Å². The zero-order chi connectivity index (χ0) is 19.6. The van der Waals surface area contributed by atoms with E-state index in [1.807, 2.05) is 4.90 Å². The third kappa shape index (κ3) is 3.80. The van der Waals surface area contributed by atoms with E-state index in [4.69, 9.17) is 9.15 Å². The lowest BCUT2D eigenvalue weighted by molar-refractivity contribution is -0.156. The van der Waals surface area contributed by atoms with Crippen molar-refractivity contribution in [2.75, 3.05) is 19.6 Å². The van der Waals surface area contributed by atoms with E-state index in [0.29, 0.717) is 31.1 Å². The van der Waals surface area contributed by atoms with Crippen LogP contribution < -0.4 is 5.32 Å². The number of furan rings is 1. The van der Waals surface area contributed by atoms with Gasteiger partial charge in [-0.2, -0.15) is 0 Å². The van der Waals surface area contributed by atoms with Gasteiger partial charge in [-0.3, -0.25) is 14.4 Å². The van der Waals surface area contributed by atoms with E-state index in [1.54, 1.807) is 6.07 Å². The van der Waals surface area contributed by atoms with Crippen LogP contribution in [-0.4, -0.2) is 47.9 Å². The predicted octanol–water partition coefficient (Wildman–Crippen LogP) is 2.51. The molecule has 0 aromatic carbocycles. The normalized spacial score (nSPS) is 24.9. The fraction of sp³-hybridized carbons (Fsp3) is 0.667. The highest BCUT2D eigenvalue weighted by atomic mass is 16.6. The third-order valence-electron chi connectivity index (χ3n) is 6.58. The first kappa shape index (κ1) is 19.0. The van der Waals surface area contributed by atoms with Crippen molar-refractivity contribution in [2.45, 2.75) is 57.0 Å². The summed E-state index contributed by atoms with van der Waals surface area (Å²) >= 11 is 0. The number of amides is 2. The Balaban J connectivity index is 1.29. The van der Waals surface area contributed by atoms with E-state index < -0.39 is 5.60 Å². The molecule has 2 saturated heterocycles. The van der Waals surface area contributed by atoms with Crippen molar-refractivity contribution in [3.05, 3.63) is 24.2 Å². The van der Waals surface area contributed by atoms with Gasteiger partial charge < -0.3 is 19.4 Å². The summed E-state index contributed by atoms with van der Waals surface area (Å²) in [5.41, 5.74) is -0.0294. The lowest BCUT2D eigenvalue weighted by Crippen LogP contribution is -2.50. The van der Waals surface area contributed by atoms with E-state index in [1.165, 1.54) is 12.5 Å². The minimum absolute atomic E-state index is 0.0774. The summed E-state index contributed by atoms with van der Waals surface area (Å²) in [4.78, 5) is 39.0. The van der Waals surface area contributed by atoms with Gasteiger partial charge in [0, 0.05) is 19.6 Å². The van der Waals surface area contributed by atoms with Crippen molar-refractivity contribution in [3.63, 3.8) is 0 Å². The van der Waals surface area contributed by atoms with Crippen molar-refractivity contribution < 1.29 is 23.5 Å². The molecule has 1 unspecified atom stereocenters. The molecule has 1 aromatic heterocycles. The van der Waals surface area contributed by atoms with Gasteiger partial charge in [0.1, 0.15) is 11.9 Å². The molecule has 0 bridgehead atoms. The van der Waals surface area contributed by atoms with Crippen LogP contribution >= 0.6 is 0 Å². The molecule has 1 aromatic rings. The number of likely N-dealkylation sites (tertiary alicyclic amines) is 1. The summed E-state index contributed by atoms with van der Waals surface area (Å²) in [5.74, 6) is -0.249. The number of hydrogen-bond acceptors (Lipinski definition) is 5. The van der Waals surface area contributed by atoms with Crippen LogP contribution in [0.4, 0.5) is 0 Å². The first-order valence-corrected chi connectivity index (χ1v) is 10.4. The molecule has 3 heterocycles. The van der Waals surface area contributed by atoms with Crippen molar-refractivity contribution in [1.29, 1.82) is 0 Å². The van der Waals surface area contributed by atoms with Crippen LogP contribution in [0.3, 0.4) is 0 Å². The van der Waals surface area contributed by atoms with Gasteiger partial charge in [-0.1, -0.05) is 6.42 Å². The highest BCUT2D eigenvalue weighted by Crippen LogP contribution is 2.45. The number of rotatable bonds is 4. The monoisotopic (exact) mass is 388 g/mol. The zero-order valence-corrected chi connectivity index (χ0v) is 16.2. The van der Waals surface area contributed by atoms with Gasteiger partial charge in [-0.05, 0) is 50.5 Å². The number of hydrogen-bond donors (Lipinski definition) is 1. The van der Waals surface area contributed by atoms with E-state index in [0.717, 1.165) is 44.9 Å². The Morgan fingerprint density at radius 3 is 2.61 bits per heavy atom. The van der Waals surface area contributed by atoms with E-state index in [-0.39, 0.29) is 30.1 Å². The maximum absolute atomic E-state index is 13.2. The van der Waals surface area contributed by atoms with Gasteiger partial charge in [0.05, 0.1) is 24.2 Å². The predicted molar refractivity (Wildman–Crippen MR) is 100 cm³/mol. The van der Waals surface area contributed by atoms with Gasteiger partial charge >= 0.3 is 5.97 Å². The average Bonchev–Trinajstić information content (AvgIpc) is 3.35. The van der Waals surface area contributed by atoms with Gasteiger partial charge in [-0.15, -0.1) is 0 Å². The summed E-state index contributed by atoms with van der Waals surface area (Å²) in [6.45, 7) is 1.94. The molecule has 28 heavy (non-hydrogen) atoms. The molecule has 2 aliphatic heterocycles. The topological polar surface area (TPSA) is 88.9 Å². The standard InChI is InChI=1S/C21H28N2O5/c24-18-12-17(21(28-18)7-2-1-3-8-21)20(26)23-9-4-15(5-10-23)13-22-19(25)16-6-11-27-14-16/h6,11,14-15,17H,1-5,7-10,12-13H2,(H,22,25). The van der Waals surface area contributed by atoms with Gasteiger partial charge in [-0.25, -0.2) is 0 Å². The summed E-state index contributed by atoms with van der Waals surface area (Å²) in [6, 6.07) is 1.64. The maximum Gasteiger partial charge on any atom is 0.307 e. The molecule has 1 spiro atoms. The highest BCUT2D eigenvalue weighted by Gasteiger charge is 2.53. The largest absolute Gasteiger partial charge is 0.472 e. The number of esters is 1. The molecule has 2 amide bonds. The number of carbonyl (C=O) groups excluding carboxylic acids is 3. The number of piperidine rings is 1. The Bertz CT molecular complexity index is 715. The minimum Gasteiger partial charge on any atom is -0.472 e. The fourth-order valence-electron chi connectivity index (χ4n) is 4.92. The Hall–Kier alpha value is -2.31. The van der Waals surface area contributed by atoms with Crippen molar-refractivity contribution in [1.82, 2.24) is 10.2 Å². The Morgan fingerprint density at radius 1 is 1.18 bits per heavy atom. The molecule has 4 rings (SSSR count). The molecule has 3 aliphatic rings. The van der Waals surface area contributed by atoms with Crippen molar-refractivity contribution in [3.8, 4) is 0 Å². The first-order chi connectivity index (χ1) is 13.6. The summed E-state index contributed by atoms with van der Waals surface area (Å²) in [7, 11) is 0. The molecule has 1 aliphatic carbocycles. The van der Waals surface area contributed by atoms with Gasteiger partial charge in [0.15, 0.2) is 0 Å². The SMILES string of the molecule is O=C1CC(C(=O)N2CCC(CNC(=O)c3ccoc3)CC2)C2(CCCCC2)O1. The average molecular weight is 388 g/mol. The van der Waals surface area contributed by atoms with Crippen LogP contribution in [0.2, 0.25) is 0 Å². The third-order valence-corrected chi connectivity index (χ3v) is 6.58. The first-order valence-electron chi connectivity index (χ1n) is 10.4. The second-order valence-electron chi connectivity index (χ2n) is 8.35. The van der Waals surface area contributed by atoms with Crippen LogP contribution in [0, 0.1) is 11.8 Å². The lowest BCUT2D eigenvalue weighted by Gasteiger charge is -2.40. The lowest BCUT2D eigenvalue weighted by atomic mass is 9.75. The van der Waals surface area contributed by atoms with Crippen LogP contribution in [0.5, 0.6) is 0 Å². The molecule has 152 valence electrons. The Kier molecular flexibility index (Phi) is 5.42. The van der Waals surface area contributed by atoms with Gasteiger partial charge in [0.25, 0.3) is 5.91 Å². The molecule has 7 nitrogen and oxygen atoms in total. The van der Waals surface area contributed by atoms with E-state index in [9.17, 15) is 14.4 Å². The molecule has 1 saturated carbocycles. The van der Waals surface area contributed by atoms with Crippen molar-refractivity contribution >= 4 is 17.8 Å². The Morgan fingerprint density at radius 2 is 1.93 bits per heavy atom. The molecular weight excluding hydrogens is 360 g/mol. The molecule has 0 radical (unpaired) electrons. The molecule has 3 fully saturated rings. The smallest absolute Gasteiger partial charge is 0.307 e. The second-order valence-corrected chi connectivity index (χ2v) is 8.35. The number of carbonyl (C=O) groups is 3. The second kappa shape index (κ2) is 7.97. The van der Waals surface area contributed by atoms with Crippen LogP contribution in [-0.2, 0) is 14.3 Å². The number of nitrogens with one attached hydrogen (secondary N) is 1. The summed E-state index contributed by atoms with van der Waals surface area (Å²) in [6.07, 6.45) is 9.66. The fourth-order valence-corrected chi connectivity index (χ4v) is 4.92. The van der Waals surface area contributed by atoms with Crippen LogP contribution in [0.15, 0.2) is 23.0 Å². The van der Waals surface area contributed by atoms with Crippen LogP contribution in [0.1, 0.15) is 61.7 Å². The van der Waals surface area contributed by atoms with Crippen molar-refractivity contribution in [2.24, 2.45) is 11.8 Å². The van der Waals surface area contributed by atoms with Crippen LogP contribution in [0.25, 0.3) is 0 Å². The summed E-state index contributed by atoms with van der Waals surface area (Å²) in [5, 5.41) is 2.94. The molecule has 1 N–H and O–H groups in total. The molecule has 7 heteroatoms. The highest BCUT2D eigenvalue weighted by molar-refractivity contribution is 5.93. The number of nitrogens with zero attached hydrogens (tertiary/aromatic N) is 1. The zero-order valence-electron chi connectivity index (χ0n) is 16.2. The molecule has 1 atom stereocenters. The van der Waals surface area contributed by atoms with E-state index >= 15 is 0 Å². The summed E-state index contributed by atoms with van der Waals surface area (Å²) < 4.78 is 10.6. The van der Waals surface area contributed by atoms with E-state index in [2.05, 4.69) is 5.32 Å². The van der Waals surface area contributed by atoms with Gasteiger partial charge in [0.2, 0.25) is 5.91 Å². The maximum atomic E-state index is 13.2. The molecular formula is C21H28N2O5. The minimum atomic E-state index is -0.554. The quantitative estimate of drug-likeness (QED) is 0.801. The number of ether oxygens (including phenoxy) is 1.